The fourth-order valence-electron chi connectivity index (χ4n) is 4.28. The van der Waals surface area contributed by atoms with Crippen LogP contribution < -0.4 is 15.1 Å². The van der Waals surface area contributed by atoms with Gasteiger partial charge in [-0.15, -0.1) is 0 Å². The lowest BCUT2D eigenvalue weighted by Gasteiger charge is -2.18. The van der Waals surface area contributed by atoms with E-state index in [0.717, 1.165) is 62.0 Å². The molecule has 0 atom stereocenters. The van der Waals surface area contributed by atoms with Gasteiger partial charge in [-0.3, -0.25) is 9.59 Å². The molecule has 0 spiro atoms. The maximum Gasteiger partial charge on any atom is 0.282 e. The van der Waals surface area contributed by atoms with E-state index in [1.165, 1.54) is 12.1 Å². The Morgan fingerprint density at radius 3 is 2.06 bits per heavy atom. The van der Waals surface area contributed by atoms with E-state index in [0.29, 0.717) is 10.6 Å². The lowest BCUT2D eigenvalue weighted by Crippen LogP contribution is -2.33. The number of benzene rings is 3. The van der Waals surface area contributed by atoms with Crippen LogP contribution >= 0.6 is 0 Å². The van der Waals surface area contributed by atoms with Crippen molar-refractivity contribution in [2.45, 2.75) is 12.8 Å². The molecule has 5 rings (SSSR count). The zero-order valence-electron chi connectivity index (χ0n) is 18.0. The number of halogens is 3. The molecule has 34 heavy (non-hydrogen) atoms. The van der Waals surface area contributed by atoms with Crippen molar-refractivity contribution < 1.29 is 22.8 Å². The van der Waals surface area contributed by atoms with Gasteiger partial charge < -0.3 is 10.2 Å². The normalized spacial score (nSPS) is 16.1. The average Bonchev–Trinajstić information content (AvgIpc) is 3.45. The molecule has 2 heterocycles. The zero-order chi connectivity index (χ0) is 23.8. The number of rotatable bonds is 5. The number of amides is 2. The predicted octanol–water partition coefficient (Wildman–Crippen LogP) is 5.10. The summed E-state index contributed by atoms with van der Waals surface area (Å²) >= 11 is 0. The topological polar surface area (TPSA) is 52.7 Å². The smallest absolute Gasteiger partial charge is 0.282 e. The van der Waals surface area contributed by atoms with Gasteiger partial charge in [-0.25, -0.2) is 18.1 Å². The minimum absolute atomic E-state index is 0.0581. The van der Waals surface area contributed by atoms with Crippen LogP contribution in [0.4, 0.5) is 30.2 Å². The molecule has 0 aromatic heterocycles. The predicted molar refractivity (Wildman–Crippen MR) is 124 cm³/mol. The summed E-state index contributed by atoms with van der Waals surface area (Å²) < 4.78 is 41.8. The third kappa shape index (κ3) is 3.91. The highest BCUT2D eigenvalue weighted by atomic mass is 19.1. The van der Waals surface area contributed by atoms with Gasteiger partial charge in [-0.05, 0) is 66.9 Å². The van der Waals surface area contributed by atoms with Crippen LogP contribution in [0.2, 0.25) is 0 Å². The standard InChI is InChI=1S/C26H20F3N3O2/c27-17-5-3-16(4-6-17)23-24(30-19-8-10-20(11-9-19)31-13-1-2-14-31)26(34)32(25(23)33)22-15-18(28)7-12-21(22)29/h3-12,15,30H,1-2,13-14H2. The summed E-state index contributed by atoms with van der Waals surface area (Å²) in [7, 11) is 0. The monoisotopic (exact) mass is 463 g/mol. The van der Waals surface area contributed by atoms with Crippen molar-refractivity contribution in [1.82, 2.24) is 0 Å². The molecule has 2 amide bonds. The third-order valence-corrected chi connectivity index (χ3v) is 5.97. The first-order valence-electron chi connectivity index (χ1n) is 10.9. The Hall–Kier alpha value is -4.07. The lowest BCUT2D eigenvalue weighted by molar-refractivity contribution is -0.120. The average molecular weight is 463 g/mol. The summed E-state index contributed by atoms with van der Waals surface area (Å²) in [6.07, 6.45) is 2.27. The first-order valence-corrected chi connectivity index (χ1v) is 10.9. The van der Waals surface area contributed by atoms with E-state index < -0.39 is 35.0 Å². The van der Waals surface area contributed by atoms with Crippen molar-refractivity contribution in [1.29, 1.82) is 0 Å². The van der Waals surface area contributed by atoms with Gasteiger partial charge in [-0.2, -0.15) is 0 Å². The van der Waals surface area contributed by atoms with Crippen molar-refractivity contribution in [2.75, 3.05) is 28.2 Å². The second kappa shape index (κ2) is 8.70. The van der Waals surface area contributed by atoms with Crippen LogP contribution in [0.15, 0.2) is 72.4 Å². The van der Waals surface area contributed by atoms with Gasteiger partial charge >= 0.3 is 0 Å². The maximum absolute atomic E-state index is 14.5. The number of carbonyl (C=O) groups excluding carboxylic acids is 2. The van der Waals surface area contributed by atoms with Crippen molar-refractivity contribution >= 4 is 34.4 Å². The maximum atomic E-state index is 14.5. The summed E-state index contributed by atoms with van der Waals surface area (Å²) in [5.74, 6) is -3.90. The second-order valence-corrected chi connectivity index (χ2v) is 8.16. The Labute approximate surface area is 194 Å². The van der Waals surface area contributed by atoms with Crippen LogP contribution in [0.25, 0.3) is 5.57 Å². The van der Waals surface area contributed by atoms with Gasteiger partial charge in [-0.1, -0.05) is 12.1 Å². The van der Waals surface area contributed by atoms with Crippen molar-refractivity contribution in [3.8, 4) is 0 Å². The highest BCUT2D eigenvalue weighted by molar-refractivity contribution is 6.46. The van der Waals surface area contributed by atoms with Crippen LogP contribution in [0.1, 0.15) is 18.4 Å². The first kappa shape index (κ1) is 21.8. The molecule has 0 aliphatic carbocycles. The van der Waals surface area contributed by atoms with Crippen LogP contribution in [0.3, 0.4) is 0 Å². The van der Waals surface area contributed by atoms with Crippen molar-refractivity contribution in [3.63, 3.8) is 0 Å². The van der Waals surface area contributed by atoms with Crippen LogP contribution in [0, 0.1) is 17.5 Å². The molecule has 1 N–H and O–H groups in total. The Morgan fingerprint density at radius 2 is 1.38 bits per heavy atom. The van der Waals surface area contributed by atoms with Crippen LogP contribution in [-0.4, -0.2) is 24.9 Å². The molecule has 3 aromatic carbocycles. The van der Waals surface area contributed by atoms with E-state index in [1.54, 1.807) is 12.1 Å². The minimum atomic E-state index is -0.919. The van der Waals surface area contributed by atoms with Crippen LogP contribution in [-0.2, 0) is 9.59 Å². The van der Waals surface area contributed by atoms with Gasteiger partial charge in [0.1, 0.15) is 23.1 Å². The third-order valence-electron chi connectivity index (χ3n) is 5.97. The van der Waals surface area contributed by atoms with Crippen molar-refractivity contribution in [3.05, 3.63) is 95.4 Å². The highest BCUT2D eigenvalue weighted by Crippen LogP contribution is 2.35. The zero-order valence-corrected chi connectivity index (χ0v) is 18.0. The highest BCUT2D eigenvalue weighted by Gasteiger charge is 2.41. The lowest BCUT2D eigenvalue weighted by atomic mass is 10.0. The Morgan fingerprint density at radius 1 is 0.735 bits per heavy atom. The molecule has 3 aromatic rings. The molecule has 8 heteroatoms. The molecule has 2 aliphatic rings. The van der Waals surface area contributed by atoms with Gasteiger partial charge in [0.05, 0.1) is 11.3 Å². The molecule has 1 saturated heterocycles. The van der Waals surface area contributed by atoms with E-state index in [1.807, 2.05) is 12.1 Å². The fraction of sp³-hybridized carbons (Fsp3) is 0.154. The van der Waals surface area contributed by atoms with Gasteiger partial charge in [0, 0.05) is 30.5 Å². The summed E-state index contributed by atoms with van der Waals surface area (Å²) in [5.41, 5.74) is 1.21. The molecule has 0 saturated carbocycles. The van der Waals surface area contributed by atoms with Gasteiger partial charge in [0.25, 0.3) is 11.8 Å². The van der Waals surface area contributed by atoms with E-state index in [4.69, 9.17) is 0 Å². The molecule has 0 radical (unpaired) electrons. The molecule has 0 bridgehead atoms. The Kier molecular flexibility index (Phi) is 5.57. The number of nitrogens with zero attached hydrogens (tertiary/aromatic N) is 2. The van der Waals surface area contributed by atoms with Gasteiger partial charge in [0.15, 0.2) is 0 Å². The number of imide groups is 1. The molecular formula is C26H20F3N3O2. The van der Waals surface area contributed by atoms with E-state index in [9.17, 15) is 22.8 Å². The first-order chi connectivity index (χ1) is 16.4. The Bertz CT molecular complexity index is 1300. The minimum Gasteiger partial charge on any atom is -0.372 e. The summed E-state index contributed by atoms with van der Waals surface area (Å²) in [5, 5.41) is 2.97. The number of hydrogen-bond donors (Lipinski definition) is 1. The Balaban J connectivity index is 1.54. The molecule has 1 fully saturated rings. The van der Waals surface area contributed by atoms with E-state index >= 15 is 0 Å². The summed E-state index contributed by atoms with van der Waals surface area (Å²) in [6, 6.07) is 15.0. The number of carbonyl (C=O) groups is 2. The molecule has 172 valence electrons. The number of nitrogens with one attached hydrogen (secondary N) is 1. The number of hydrogen-bond acceptors (Lipinski definition) is 4. The SMILES string of the molecule is O=C1C(Nc2ccc(N3CCCC3)cc2)=C(c2ccc(F)cc2)C(=O)N1c1cc(F)ccc1F. The second-order valence-electron chi connectivity index (χ2n) is 8.16. The quantitative estimate of drug-likeness (QED) is 0.535. The van der Waals surface area contributed by atoms with Crippen LogP contribution in [0.5, 0.6) is 0 Å². The van der Waals surface area contributed by atoms with Crippen molar-refractivity contribution in [2.24, 2.45) is 0 Å². The number of anilines is 3. The summed E-state index contributed by atoms with van der Waals surface area (Å²) in [6.45, 7) is 1.96. The molecular weight excluding hydrogens is 443 g/mol. The van der Waals surface area contributed by atoms with Gasteiger partial charge in [0.2, 0.25) is 0 Å². The summed E-state index contributed by atoms with van der Waals surface area (Å²) in [4.78, 5) is 29.5. The largest absolute Gasteiger partial charge is 0.372 e. The fourth-order valence-corrected chi connectivity index (χ4v) is 4.28. The molecule has 5 nitrogen and oxygen atoms in total. The van der Waals surface area contributed by atoms with E-state index in [-0.39, 0.29) is 16.8 Å². The molecule has 0 unspecified atom stereocenters. The van der Waals surface area contributed by atoms with E-state index in [2.05, 4.69) is 10.2 Å². The molecule has 2 aliphatic heterocycles.